The molecule has 10 heteroatoms. The van der Waals surface area contributed by atoms with Crippen molar-refractivity contribution in [3.8, 4) is 10.6 Å². The second-order valence-electron chi connectivity index (χ2n) is 7.99. The number of thiophene rings is 1. The zero-order chi connectivity index (χ0) is 22.5. The first-order valence-electron chi connectivity index (χ1n) is 10.7. The van der Waals surface area contributed by atoms with Gasteiger partial charge in [0.2, 0.25) is 4.96 Å². The quantitative estimate of drug-likeness (QED) is 0.274. The standard InChI is InChI=1S/C23H19N5O2S3/c1-27-21(30)18-15-9-5-6-10-16(15)32-20(18)25-22(27)31-12-14-11-17(29)28-23(24-14)33-19(26-28)13-7-3-2-4-8-13/h2-4,7-8,11H,5-6,9-10,12H2,1H3. The lowest BCUT2D eigenvalue weighted by atomic mass is 9.97. The Bertz CT molecular complexity index is 1630. The van der Waals surface area contributed by atoms with Gasteiger partial charge in [-0.1, -0.05) is 53.4 Å². The van der Waals surface area contributed by atoms with Crippen LogP contribution in [0.1, 0.15) is 29.0 Å². The first kappa shape index (κ1) is 20.8. The molecule has 4 aromatic heterocycles. The fourth-order valence-electron chi connectivity index (χ4n) is 4.16. The van der Waals surface area contributed by atoms with E-state index in [0.717, 1.165) is 40.1 Å². The topological polar surface area (TPSA) is 82.2 Å². The van der Waals surface area contributed by atoms with E-state index in [1.54, 1.807) is 23.0 Å². The summed E-state index contributed by atoms with van der Waals surface area (Å²) in [6.07, 6.45) is 4.31. The van der Waals surface area contributed by atoms with E-state index < -0.39 is 0 Å². The molecule has 0 amide bonds. The van der Waals surface area contributed by atoms with Crippen molar-refractivity contribution in [2.45, 2.75) is 36.6 Å². The Morgan fingerprint density at radius 1 is 1.06 bits per heavy atom. The summed E-state index contributed by atoms with van der Waals surface area (Å²) in [5.74, 6) is 0.446. The third-order valence-corrected chi connectivity index (χ3v) is 9.03. The van der Waals surface area contributed by atoms with E-state index in [4.69, 9.17) is 4.98 Å². The van der Waals surface area contributed by atoms with Crippen LogP contribution in [0.3, 0.4) is 0 Å². The lowest BCUT2D eigenvalue weighted by molar-refractivity contribution is 0.695. The number of aromatic nitrogens is 5. The molecule has 0 radical (unpaired) electrons. The molecule has 0 aliphatic heterocycles. The molecule has 0 saturated carbocycles. The Kier molecular flexibility index (Phi) is 5.16. The van der Waals surface area contributed by atoms with Gasteiger partial charge in [0.05, 0.1) is 11.1 Å². The Morgan fingerprint density at radius 2 is 1.88 bits per heavy atom. The molecule has 33 heavy (non-hydrogen) atoms. The largest absolute Gasteiger partial charge is 0.290 e. The summed E-state index contributed by atoms with van der Waals surface area (Å²) in [4.78, 5) is 37.9. The zero-order valence-electron chi connectivity index (χ0n) is 17.8. The van der Waals surface area contributed by atoms with Crippen molar-refractivity contribution in [1.29, 1.82) is 0 Å². The van der Waals surface area contributed by atoms with Crippen LogP contribution in [-0.2, 0) is 25.6 Å². The summed E-state index contributed by atoms with van der Waals surface area (Å²) in [6.45, 7) is 0. The summed E-state index contributed by atoms with van der Waals surface area (Å²) in [5, 5.41) is 6.61. The highest BCUT2D eigenvalue weighted by molar-refractivity contribution is 7.98. The number of hydrogen-bond donors (Lipinski definition) is 0. The molecule has 0 atom stereocenters. The molecule has 0 bridgehead atoms. The van der Waals surface area contributed by atoms with Crippen molar-refractivity contribution in [3.63, 3.8) is 0 Å². The summed E-state index contributed by atoms with van der Waals surface area (Å²) < 4.78 is 2.97. The number of fused-ring (bicyclic) bond motifs is 4. The fourth-order valence-corrected chi connectivity index (χ4v) is 7.26. The van der Waals surface area contributed by atoms with Crippen LogP contribution < -0.4 is 11.1 Å². The van der Waals surface area contributed by atoms with Crippen molar-refractivity contribution in [2.24, 2.45) is 7.05 Å². The number of thioether (sulfide) groups is 1. The average Bonchev–Trinajstić information content (AvgIpc) is 3.43. The van der Waals surface area contributed by atoms with Crippen LogP contribution in [0.25, 0.3) is 25.7 Å². The van der Waals surface area contributed by atoms with Crippen molar-refractivity contribution < 1.29 is 0 Å². The molecule has 6 rings (SSSR count). The van der Waals surface area contributed by atoms with Gasteiger partial charge in [-0.3, -0.25) is 14.2 Å². The summed E-state index contributed by atoms with van der Waals surface area (Å²) in [5.41, 5.74) is 2.60. The third-order valence-electron chi connectivity index (χ3n) is 5.82. The highest BCUT2D eigenvalue weighted by atomic mass is 32.2. The number of nitrogens with zero attached hydrogens (tertiary/aromatic N) is 5. The van der Waals surface area contributed by atoms with Crippen molar-refractivity contribution in [3.05, 3.63) is 73.2 Å². The van der Waals surface area contributed by atoms with Gasteiger partial charge in [-0.2, -0.15) is 9.61 Å². The lowest BCUT2D eigenvalue weighted by Crippen LogP contribution is -2.20. The first-order chi connectivity index (χ1) is 16.1. The number of rotatable bonds is 4. The van der Waals surface area contributed by atoms with Crippen molar-refractivity contribution in [1.82, 2.24) is 24.1 Å². The van der Waals surface area contributed by atoms with Crippen LogP contribution in [0.5, 0.6) is 0 Å². The highest BCUT2D eigenvalue weighted by Gasteiger charge is 2.21. The SMILES string of the molecule is Cn1c(SCc2cc(=O)n3nc(-c4ccccc4)sc3n2)nc2sc3c(c2c1=O)CCCC3. The van der Waals surface area contributed by atoms with Crippen molar-refractivity contribution >= 4 is 49.6 Å². The molecule has 0 fully saturated rings. The van der Waals surface area contributed by atoms with Gasteiger partial charge in [0, 0.05) is 29.3 Å². The Hall–Kier alpha value is -2.82. The Balaban J connectivity index is 1.33. The van der Waals surface area contributed by atoms with E-state index in [9.17, 15) is 9.59 Å². The Morgan fingerprint density at radius 3 is 2.73 bits per heavy atom. The van der Waals surface area contributed by atoms with Gasteiger partial charge in [-0.25, -0.2) is 9.97 Å². The van der Waals surface area contributed by atoms with Gasteiger partial charge in [-0.15, -0.1) is 11.3 Å². The molecular formula is C23H19N5O2S3. The smallest absolute Gasteiger partial charge is 0.275 e. The summed E-state index contributed by atoms with van der Waals surface area (Å²) >= 11 is 4.46. The molecule has 5 aromatic rings. The second-order valence-corrected chi connectivity index (χ2v) is 11.0. The van der Waals surface area contributed by atoms with Gasteiger partial charge in [0.1, 0.15) is 9.84 Å². The molecule has 7 nitrogen and oxygen atoms in total. The summed E-state index contributed by atoms with van der Waals surface area (Å²) in [7, 11) is 1.77. The maximum atomic E-state index is 13.1. The van der Waals surface area contributed by atoms with E-state index in [1.807, 2.05) is 30.3 Å². The normalized spacial score (nSPS) is 13.6. The highest BCUT2D eigenvalue weighted by Crippen LogP contribution is 2.35. The van der Waals surface area contributed by atoms with Crippen LogP contribution in [-0.4, -0.2) is 24.1 Å². The lowest BCUT2D eigenvalue weighted by Gasteiger charge is -2.10. The van der Waals surface area contributed by atoms with Crippen molar-refractivity contribution in [2.75, 3.05) is 0 Å². The number of hydrogen-bond acceptors (Lipinski definition) is 8. The van der Waals surface area contributed by atoms with E-state index in [1.165, 1.54) is 50.5 Å². The minimum absolute atomic E-state index is 0.0142. The molecule has 1 aliphatic carbocycles. The molecule has 0 saturated heterocycles. The van der Waals surface area contributed by atoms with Crippen LogP contribution in [0.2, 0.25) is 0 Å². The van der Waals surface area contributed by atoms with E-state index >= 15 is 0 Å². The Labute approximate surface area is 200 Å². The van der Waals surface area contributed by atoms with Gasteiger partial charge in [0.25, 0.3) is 11.1 Å². The monoisotopic (exact) mass is 493 g/mol. The predicted molar refractivity (Wildman–Crippen MR) is 134 cm³/mol. The van der Waals surface area contributed by atoms with E-state index in [0.29, 0.717) is 21.6 Å². The molecule has 1 aliphatic rings. The molecular weight excluding hydrogens is 474 g/mol. The first-order valence-corrected chi connectivity index (χ1v) is 13.3. The second kappa shape index (κ2) is 8.19. The average molecular weight is 494 g/mol. The molecule has 166 valence electrons. The number of aryl methyl sites for hydroxylation is 2. The van der Waals surface area contributed by atoms with Crippen LogP contribution in [0.15, 0.2) is 51.1 Å². The maximum absolute atomic E-state index is 13.1. The molecule has 4 heterocycles. The minimum atomic E-state index is -0.211. The van der Waals surface area contributed by atoms with Gasteiger partial charge < -0.3 is 0 Å². The van der Waals surface area contributed by atoms with Crippen LogP contribution in [0, 0.1) is 0 Å². The van der Waals surface area contributed by atoms with Crippen LogP contribution in [0.4, 0.5) is 0 Å². The molecule has 0 unspecified atom stereocenters. The number of benzene rings is 1. The summed E-state index contributed by atoms with van der Waals surface area (Å²) in [6, 6.07) is 11.3. The molecule has 0 N–H and O–H groups in total. The molecule has 0 spiro atoms. The van der Waals surface area contributed by atoms with Gasteiger partial charge in [0.15, 0.2) is 5.16 Å². The predicted octanol–water partition coefficient (Wildman–Crippen LogP) is 4.30. The minimum Gasteiger partial charge on any atom is -0.290 e. The van der Waals surface area contributed by atoms with E-state index in [2.05, 4.69) is 10.1 Å². The van der Waals surface area contributed by atoms with Gasteiger partial charge in [-0.05, 0) is 31.2 Å². The van der Waals surface area contributed by atoms with E-state index in [-0.39, 0.29) is 11.1 Å². The zero-order valence-corrected chi connectivity index (χ0v) is 20.2. The third kappa shape index (κ3) is 3.62. The molecule has 1 aromatic carbocycles. The fraction of sp³-hybridized carbons (Fsp3) is 0.261. The van der Waals surface area contributed by atoms with Crippen LogP contribution >= 0.6 is 34.4 Å². The maximum Gasteiger partial charge on any atom is 0.275 e. The van der Waals surface area contributed by atoms with Gasteiger partial charge >= 0.3 is 0 Å².